The number of halogens is 1. The molecule has 1 aromatic heterocycles. The van der Waals surface area contributed by atoms with Gasteiger partial charge in [-0.3, -0.25) is 14.9 Å². The lowest BCUT2D eigenvalue weighted by atomic mass is 10.2. The molecule has 2 aromatic carbocycles. The van der Waals surface area contributed by atoms with Crippen LogP contribution >= 0.6 is 22.9 Å². The molecule has 0 saturated heterocycles. The summed E-state index contributed by atoms with van der Waals surface area (Å²) in [5.74, 6) is -0.476. The number of aromatic nitrogens is 1. The van der Waals surface area contributed by atoms with Gasteiger partial charge in [-0.25, -0.2) is 0 Å². The minimum Gasteiger partial charge on any atom is -0.311 e. The van der Waals surface area contributed by atoms with E-state index in [-0.39, 0.29) is 11.3 Å². The molecule has 1 heterocycles. The number of non-ortho nitro benzene ring substituents is 1. The zero-order chi connectivity index (χ0) is 18.0. The van der Waals surface area contributed by atoms with Gasteiger partial charge < -0.3 is 4.57 Å². The number of allylic oxidation sites excluding steroid dienone is 1. The lowest BCUT2D eigenvalue weighted by Gasteiger charge is -2.02. The van der Waals surface area contributed by atoms with Crippen molar-refractivity contribution in [1.82, 2.24) is 4.57 Å². The van der Waals surface area contributed by atoms with Crippen molar-refractivity contribution in [3.63, 3.8) is 0 Å². The highest BCUT2D eigenvalue weighted by molar-refractivity contribution is 7.16. The van der Waals surface area contributed by atoms with Crippen LogP contribution in [0.2, 0.25) is 5.02 Å². The number of carbonyl (C=O) groups excluding carboxylic acids is 1. The van der Waals surface area contributed by atoms with Crippen molar-refractivity contribution in [2.75, 3.05) is 0 Å². The first-order valence-electron chi connectivity index (χ1n) is 7.23. The summed E-state index contributed by atoms with van der Waals surface area (Å²) in [6.45, 7) is 4.18. The highest BCUT2D eigenvalue weighted by Crippen LogP contribution is 2.25. The van der Waals surface area contributed by atoms with Gasteiger partial charge in [0.05, 0.1) is 20.2 Å². The van der Waals surface area contributed by atoms with Gasteiger partial charge in [-0.05, 0) is 24.3 Å². The van der Waals surface area contributed by atoms with Crippen molar-refractivity contribution in [2.45, 2.75) is 6.54 Å². The summed E-state index contributed by atoms with van der Waals surface area (Å²) in [5, 5.41) is 11.3. The first-order valence-corrected chi connectivity index (χ1v) is 8.43. The molecule has 0 N–H and O–H groups in total. The fourth-order valence-corrected chi connectivity index (χ4v) is 3.75. The van der Waals surface area contributed by atoms with Gasteiger partial charge in [0.15, 0.2) is 4.80 Å². The number of amides is 1. The van der Waals surface area contributed by atoms with Crippen LogP contribution in [-0.2, 0) is 6.54 Å². The summed E-state index contributed by atoms with van der Waals surface area (Å²) in [7, 11) is 0. The van der Waals surface area contributed by atoms with Crippen LogP contribution < -0.4 is 4.80 Å². The summed E-state index contributed by atoms with van der Waals surface area (Å²) in [4.78, 5) is 27.2. The van der Waals surface area contributed by atoms with E-state index in [4.69, 9.17) is 11.6 Å². The Morgan fingerprint density at radius 1 is 1.32 bits per heavy atom. The van der Waals surface area contributed by atoms with Gasteiger partial charge in [-0.1, -0.05) is 35.1 Å². The maximum absolute atomic E-state index is 12.4. The van der Waals surface area contributed by atoms with Crippen LogP contribution in [0.25, 0.3) is 10.2 Å². The van der Waals surface area contributed by atoms with Crippen molar-refractivity contribution in [1.29, 1.82) is 0 Å². The monoisotopic (exact) mass is 373 g/mol. The fourth-order valence-electron chi connectivity index (χ4n) is 2.35. The Balaban J connectivity index is 2.09. The number of nitro groups is 1. The molecule has 25 heavy (non-hydrogen) atoms. The molecule has 0 bridgehead atoms. The van der Waals surface area contributed by atoms with E-state index in [2.05, 4.69) is 11.6 Å². The third-order valence-electron chi connectivity index (χ3n) is 3.49. The Bertz CT molecular complexity index is 1050. The third kappa shape index (κ3) is 3.38. The third-order valence-corrected chi connectivity index (χ3v) is 4.83. The summed E-state index contributed by atoms with van der Waals surface area (Å²) in [6.07, 6.45) is 1.70. The molecule has 0 atom stereocenters. The molecule has 6 nitrogen and oxygen atoms in total. The molecule has 8 heteroatoms. The Morgan fingerprint density at radius 2 is 2.04 bits per heavy atom. The highest BCUT2D eigenvalue weighted by Gasteiger charge is 2.12. The van der Waals surface area contributed by atoms with Crippen molar-refractivity contribution >= 4 is 44.7 Å². The molecule has 0 radical (unpaired) electrons. The van der Waals surface area contributed by atoms with Crippen LogP contribution in [0.3, 0.4) is 0 Å². The molecule has 0 spiro atoms. The van der Waals surface area contributed by atoms with Gasteiger partial charge in [0.2, 0.25) is 0 Å². The Kier molecular flexibility index (Phi) is 4.78. The van der Waals surface area contributed by atoms with Gasteiger partial charge in [0.1, 0.15) is 0 Å². The highest BCUT2D eigenvalue weighted by atomic mass is 35.5. The summed E-state index contributed by atoms with van der Waals surface area (Å²) in [5.41, 5.74) is 0.996. The number of fused-ring (bicyclic) bond motifs is 1. The average molecular weight is 374 g/mol. The van der Waals surface area contributed by atoms with Crippen molar-refractivity contribution in [3.05, 3.63) is 80.6 Å². The number of nitro benzene ring substituents is 1. The number of nitrogens with zero attached hydrogens (tertiary/aromatic N) is 3. The molecule has 3 aromatic rings. The van der Waals surface area contributed by atoms with Crippen LogP contribution in [0.5, 0.6) is 0 Å². The quantitative estimate of drug-likeness (QED) is 0.391. The van der Waals surface area contributed by atoms with E-state index in [1.807, 2.05) is 16.7 Å². The zero-order valence-electron chi connectivity index (χ0n) is 12.9. The Hall–Kier alpha value is -2.77. The number of rotatable bonds is 4. The second-order valence-corrected chi connectivity index (χ2v) is 6.51. The minimum absolute atomic E-state index is 0.0769. The largest absolute Gasteiger partial charge is 0.311 e. The summed E-state index contributed by atoms with van der Waals surface area (Å²) >= 11 is 7.62. The molecule has 1 amide bonds. The lowest BCUT2D eigenvalue weighted by Crippen LogP contribution is -2.16. The summed E-state index contributed by atoms with van der Waals surface area (Å²) < 4.78 is 2.73. The van der Waals surface area contributed by atoms with Gasteiger partial charge in [0, 0.05) is 24.2 Å². The van der Waals surface area contributed by atoms with Gasteiger partial charge in [0.25, 0.3) is 11.6 Å². The molecule has 0 unspecified atom stereocenters. The van der Waals surface area contributed by atoms with Gasteiger partial charge >= 0.3 is 0 Å². The maximum Gasteiger partial charge on any atom is 0.279 e. The molecule has 0 aliphatic heterocycles. The number of para-hydroxylation sites is 1. The van der Waals surface area contributed by atoms with E-state index in [1.165, 1.54) is 35.6 Å². The number of carbonyl (C=O) groups is 1. The zero-order valence-corrected chi connectivity index (χ0v) is 14.5. The molecule has 0 aliphatic carbocycles. The van der Waals surface area contributed by atoms with Crippen LogP contribution in [0.1, 0.15) is 10.4 Å². The van der Waals surface area contributed by atoms with Crippen LogP contribution in [0.4, 0.5) is 5.69 Å². The van der Waals surface area contributed by atoms with Crippen LogP contribution in [-0.4, -0.2) is 15.4 Å². The standard InChI is InChI=1S/C17H12ClN3O3S/c1-2-10-20-15-13(18)4-3-5-14(15)25-17(20)19-16(22)11-6-8-12(9-7-11)21(23)24/h2-9H,1,10H2. The average Bonchev–Trinajstić information content (AvgIpc) is 2.94. The van der Waals surface area contributed by atoms with E-state index in [0.29, 0.717) is 16.4 Å². The second-order valence-electron chi connectivity index (χ2n) is 5.09. The first kappa shape index (κ1) is 17.1. The van der Waals surface area contributed by atoms with Crippen molar-refractivity contribution in [2.24, 2.45) is 4.99 Å². The maximum atomic E-state index is 12.4. The number of hydrogen-bond acceptors (Lipinski definition) is 4. The molecule has 3 rings (SSSR count). The van der Waals surface area contributed by atoms with Crippen LogP contribution in [0.15, 0.2) is 60.1 Å². The molecular weight excluding hydrogens is 362 g/mol. The smallest absolute Gasteiger partial charge is 0.279 e. The van der Waals surface area contributed by atoms with Gasteiger partial charge in [-0.2, -0.15) is 4.99 Å². The SMILES string of the molecule is C=CCn1c(=NC(=O)c2ccc([N+](=O)[O-])cc2)sc2cccc(Cl)c21. The Morgan fingerprint density at radius 3 is 2.68 bits per heavy atom. The van der Waals surface area contributed by atoms with E-state index in [9.17, 15) is 14.9 Å². The topological polar surface area (TPSA) is 77.5 Å². The normalized spacial score (nSPS) is 11.6. The fraction of sp³-hybridized carbons (Fsp3) is 0.0588. The van der Waals surface area contributed by atoms with E-state index >= 15 is 0 Å². The molecular formula is C17H12ClN3O3S. The first-order chi connectivity index (χ1) is 12.0. The van der Waals surface area contributed by atoms with E-state index < -0.39 is 10.8 Å². The number of thiazole rings is 1. The summed E-state index contributed by atoms with van der Waals surface area (Å²) in [6, 6.07) is 10.9. The van der Waals surface area contributed by atoms with Crippen molar-refractivity contribution in [3.8, 4) is 0 Å². The lowest BCUT2D eigenvalue weighted by molar-refractivity contribution is -0.384. The molecule has 0 fully saturated rings. The van der Waals surface area contributed by atoms with E-state index in [1.54, 1.807) is 12.1 Å². The number of benzene rings is 2. The predicted octanol–water partition coefficient (Wildman–Crippen LogP) is 4.19. The van der Waals surface area contributed by atoms with Crippen LogP contribution in [0, 0.1) is 10.1 Å². The molecule has 0 saturated carbocycles. The predicted molar refractivity (Wildman–Crippen MR) is 98.0 cm³/mol. The molecule has 0 aliphatic rings. The minimum atomic E-state index is -0.516. The van der Waals surface area contributed by atoms with E-state index in [0.717, 1.165) is 10.2 Å². The van der Waals surface area contributed by atoms with Crippen molar-refractivity contribution < 1.29 is 9.72 Å². The second kappa shape index (κ2) is 7.00. The molecule has 126 valence electrons. The number of hydrogen-bond donors (Lipinski definition) is 0. The van der Waals surface area contributed by atoms with Gasteiger partial charge in [-0.15, -0.1) is 6.58 Å². The Labute approximate surface area is 151 Å².